The van der Waals surface area contributed by atoms with Crippen molar-refractivity contribution in [1.29, 1.82) is 0 Å². The number of furan rings is 1. The molecule has 0 amide bonds. The summed E-state index contributed by atoms with van der Waals surface area (Å²) in [5, 5.41) is 1.63. The number of aryl methyl sites for hydroxylation is 1. The van der Waals surface area contributed by atoms with Crippen molar-refractivity contribution in [3.05, 3.63) is 96.3 Å². The van der Waals surface area contributed by atoms with Gasteiger partial charge in [0.2, 0.25) is 0 Å². The smallest absolute Gasteiger partial charge is 0.143 e. The Morgan fingerprint density at radius 1 is 0.692 bits per heavy atom. The van der Waals surface area contributed by atoms with E-state index in [-0.39, 0.29) is 28.8 Å². The van der Waals surface area contributed by atoms with Crippen molar-refractivity contribution in [1.82, 2.24) is 0 Å². The highest BCUT2D eigenvalue weighted by Gasteiger charge is 2.14. The van der Waals surface area contributed by atoms with Crippen molar-refractivity contribution in [3.63, 3.8) is 0 Å². The van der Waals surface area contributed by atoms with Crippen LogP contribution in [-0.4, -0.2) is 0 Å². The molecule has 4 aromatic carbocycles. The lowest BCUT2D eigenvalue weighted by atomic mass is 9.95. The molecule has 5 aromatic rings. The third-order valence-corrected chi connectivity index (χ3v) is 4.38. The summed E-state index contributed by atoms with van der Waals surface area (Å²) < 4.78 is 81.2. The molecular formula is C25H18O. The molecule has 1 heteroatoms. The highest BCUT2D eigenvalue weighted by atomic mass is 16.3. The van der Waals surface area contributed by atoms with E-state index in [1.54, 1.807) is 6.92 Å². The van der Waals surface area contributed by atoms with Crippen molar-refractivity contribution < 1.29 is 16.8 Å². The topological polar surface area (TPSA) is 13.1 Å². The molecule has 0 saturated heterocycles. The Hall–Kier alpha value is -3.32. The molecule has 124 valence electrons. The van der Waals surface area contributed by atoms with Gasteiger partial charge in [-0.1, -0.05) is 84.7 Å². The number of fused-ring (bicyclic) bond motifs is 3. The van der Waals surface area contributed by atoms with Crippen LogP contribution >= 0.6 is 0 Å². The summed E-state index contributed by atoms with van der Waals surface area (Å²) in [5.41, 5.74) is 1.49. The fourth-order valence-corrected chi connectivity index (χ4v) is 3.14. The van der Waals surface area contributed by atoms with Crippen molar-refractivity contribution in [2.24, 2.45) is 0 Å². The second-order valence-electron chi connectivity index (χ2n) is 5.98. The first kappa shape index (κ1) is 8.37. The SMILES string of the molecule is [2H]c1c([2H])c([2H])c(-c2c([2H])c([2H])c(-c3c(C)ccc4c3oc3ccccc34)c([2H])c2[2H])c([2H])c1[2H]. The van der Waals surface area contributed by atoms with Crippen LogP contribution < -0.4 is 0 Å². The zero-order valence-electron chi connectivity index (χ0n) is 22.9. The molecule has 0 atom stereocenters. The van der Waals surface area contributed by atoms with Crippen LogP contribution in [0.1, 0.15) is 17.9 Å². The van der Waals surface area contributed by atoms with Gasteiger partial charge in [0.05, 0.1) is 12.3 Å². The van der Waals surface area contributed by atoms with E-state index in [0.29, 0.717) is 22.3 Å². The molecule has 0 aliphatic carbocycles. The first-order valence-corrected chi connectivity index (χ1v) is 8.15. The Kier molecular flexibility index (Phi) is 1.90. The Morgan fingerprint density at radius 2 is 1.38 bits per heavy atom. The predicted octanol–water partition coefficient (Wildman–Crippen LogP) is 7.23. The van der Waals surface area contributed by atoms with E-state index in [9.17, 15) is 0 Å². The summed E-state index contributed by atoms with van der Waals surface area (Å²) in [4.78, 5) is 0. The number of rotatable bonds is 2. The minimum Gasteiger partial charge on any atom is -0.455 e. The lowest BCUT2D eigenvalue weighted by Gasteiger charge is -2.08. The van der Waals surface area contributed by atoms with Gasteiger partial charge in [0.1, 0.15) is 11.2 Å². The minimum absolute atomic E-state index is 0.0262. The lowest BCUT2D eigenvalue weighted by molar-refractivity contribution is 0.669. The molecule has 0 fully saturated rings. The Balaban J connectivity index is 1.89. The molecule has 0 aliphatic heterocycles. The Bertz CT molecular complexity index is 1640. The van der Waals surface area contributed by atoms with Gasteiger partial charge in [0, 0.05) is 16.3 Å². The zero-order valence-corrected chi connectivity index (χ0v) is 13.9. The lowest BCUT2D eigenvalue weighted by Crippen LogP contribution is -1.85. The molecule has 0 N–H and O–H groups in total. The maximum absolute atomic E-state index is 8.77. The molecule has 0 unspecified atom stereocenters. The van der Waals surface area contributed by atoms with Crippen LogP contribution in [0.3, 0.4) is 0 Å². The minimum atomic E-state index is -0.607. The van der Waals surface area contributed by atoms with Crippen LogP contribution in [0.25, 0.3) is 44.2 Å². The molecule has 0 spiro atoms. The Labute approximate surface area is 165 Å². The highest BCUT2D eigenvalue weighted by molar-refractivity contribution is 6.10. The summed E-state index contributed by atoms with van der Waals surface area (Å²) in [6.07, 6.45) is 0. The zero-order chi connectivity index (χ0) is 25.3. The van der Waals surface area contributed by atoms with Gasteiger partial charge < -0.3 is 4.42 Å². The van der Waals surface area contributed by atoms with Gasteiger partial charge in [-0.2, -0.15) is 0 Å². The van der Waals surface area contributed by atoms with E-state index >= 15 is 0 Å². The summed E-state index contributed by atoms with van der Waals surface area (Å²) in [6, 6.07) is 6.40. The van der Waals surface area contributed by atoms with Crippen LogP contribution in [0.15, 0.2) is 95.2 Å². The average molecular weight is 343 g/mol. The monoisotopic (exact) mass is 343 g/mol. The van der Waals surface area contributed by atoms with Gasteiger partial charge >= 0.3 is 0 Å². The van der Waals surface area contributed by atoms with Gasteiger partial charge in [0.15, 0.2) is 0 Å². The molecule has 1 heterocycles. The van der Waals surface area contributed by atoms with Gasteiger partial charge in [-0.25, -0.2) is 0 Å². The molecule has 0 bridgehead atoms. The first-order valence-electron chi connectivity index (χ1n) is 12.6. The van der Waals surface area contributed by atoms with Crippen molar-refractivity contribution in [2.75, 3.05) is 0 Å². The van der Waals surface area contributed by atoms with Crippen LogP contribution in [0.2, 0.25) is 0 Å². The predicted molar refractivity (Wildman–Crippen MR) is 109 cm³/mol. The van der Waals surface area contributed by atoms with Crippen LogP contribution in [-0.2, 0) is 0 Å². The maximum Gasteiger partial charge on any atom is 0.143 e. The molecule has 0 radical (unpaired) electrons. The van der Waals surface area contributed by atoms with Crippen molar-refractivity contribution >= 4 is 21.9 Å². The third-order valence-electron chi connectivity index (χ3n) is 4.38. The maximum atomic E-state index is 8.77. The van der Waals surface area contributed by atoms with Crippen LogP contribution in [0.4, 0.5) is 0 Å². The summed E-state index contributed by atoms with van der Waals surface area (Å²) >= 11 is 0. The average Bonchev–Trinajstić information content (AvgIpc) is 3.22. The van der Waals surface area contributed by atoms with Crippen LogP contribution in [0, 0.1) is 6.92 Å². The first-order chi connectivity index (χ1) is 16.6. The standard InChI is InChI=1S/C25H18O/c1-17-11-16-22-21-9-5-6-10-23(21)26-25(22)24(17)20-14-12-19(13-15-20)18-7-3-2-4-8-18/h2-16H,1H3/i2D,3D,4D,7D,8D,12D,13D,14D,15D. The normalized spacial score (nSPS) is 16.1. The second kappa shape index (κ2) is 5.89. The van der Waals surface area contributed by atoms with Gasteiger partial charge in [0.25, 0.3) is 0 Å². The van der Waals surface area contributed by atoms with E-state index < -0.39 is 42.3 Å². The van der Waals surface area contributed by atoms with Crippen LogP contribution in [0.5, 0.6) is 0 Å². The van der Waals surface area contributed by atoms with E-state index in [4.69, 9.17) is 16.8 Å². The van der Waals surface area contributed by atoms with Gasteiger partial charge in [-0.3, -0.25) is 0 Å². The summed E-state index contributed by atoms with van der Waals surface area (Å²) in [5.74, 6) is 0. The van der Waals surface area contributed by atoms with Crippen molar-refractivity contribution in [2.45, 2.75) is 6.92 Å². The van der Waals surface area contributed by atoms with E-state index in [0.717, 1.165) is 10.8 Å². The van der Waals surface area contributed by atoms with E-state index in [2.05, 4.69) is 0 Å². The van der Waals surface area contributed by atoms with Gasteiger partial charge in [-0.15, -0.1) is 0 Å². The molecule has 1 aromatic heterocycles. The quantitative estimate of drug-likeness (QED) is 0.329. The molecule has 26 heavy (non-hydrogen) atoms. The fraction of sp³-hybridized carbons (Fsp3) is 0.0400. The second-order valence-corrected chi connectivity index (χ2v) is 5.98. The molecule has 0 aliphatic rings. The third kappa shape index (κ3) is 2.33. The number of para-hydroxylation sites is 1. The summed E-state index contributed by atoms with van der Waals surface area (Å²) in [6.45, 7) is 1.79. The van der Waals surface area contributed by atoms with Crippen molar-refractivity contribution in [3.8, 4) is 22.3 Å². The van der Waals surface area contributed by atoms with E-state index in [1.807, 2.05) is 36.4 Å². The highest BCUT2D eigenvalue weighted by Crippen LogP contribution is 2.38. The number of hydrogen-bond donors (Lipinski definition) is 0. The Morgan fingerprint density at radius 3 is 2.19 bits per heavy atom. The molecular weight excluding hydrogens is 316 g/mol. The number of hydrogen-bond acceptors (Lipinski definition) is 1. The fourth-order valence-electron chi connectivity index (χ4n) is 3.14. The number of benzene rings is 4. The molecule has 5 rings (SSSR count). The van der Waals surface area contributed by atoms with Gasteiger partial charge in [-0.05, 0) is 35.2 Å². The largest absolute Gasteiger partial charge is 0.455 e. The molecule has 0 saturated carbocycles. The summed E-state index contributed by atoms with van der Waals surface area (Å²) in [7, 11) is 0. The molecule has 1 nitrogen and oxygen atoms in total. The van der Waals surface area contributed by atoms with E-state index in [1.165, 1.54) is 0 Å².